The number of aliphatic hydroxyl groups excluding tert-OH is 1. The summed E-state index contributed by atoms with van der Waals surface area (Å²) >= 11 is 1.63. The van der Waals surface area contributed by atoms with Gasteiger partial charge in [-0.15, -0.1) is 11.8 Å². The highest BCUT2D eigenvalue weighted by Crippen LogP contribution is 2.29. The largest absolute Gasteiger partial charge is 0.396 e. The standard InChI is InChI=1S/C15H21NO2S/c1-11(9-17)10-19-12(2)15(18)16-8-7-13-5-3-4-6-14(13)16/h3-6,11-12,17H,7-10H2,1-2H3. The zero-order chi connectivity index (χ0) is 13.8. The SMILES string of the molecule is CC(CO)CSC(C)C(=O)N1CCc2ccccc21. The third-order valence-corrected chi connectivity index (χ3v) is 4.91. The van der Waals surface area contributed by atoms with Crippen LogP contribution in [0.15, 0.2) is 24.3 Å². The van der Waals surface area contributed by atoms with Crippen molar-refractivity contribution in [2.75, 3.05) is 23.8 Å². The van der Waals surface area contributed by atoms with Gasteiger partial charge >= 0.3 is 0 Å². The molecule has 0 spiro atoms. The van der Waals surface area contributed by atoms with Gasteiger partial charge in [-0.1, -0.05) is 25.1 Å². The van der Waals surface area contributed by atoms with Gasteiger partial charge in [0.15, 0.2) is 0 Å². The molecule has 1 aromatic carbocycles. The van der Waals surface area contributed by atoms with Crippen molar-refractivity contribution in [3.05, 3.63) is 29.8 Å². The summed E-state index contributed by atoms with van der Waals surface area (Å²) in [5, 5.41) is 8.96. The first-order chi connectivity index (χ1) is 9.13. The summed E-state index contributed by atoms with van der Waals surface area (Å²) in [7, 11) is 0. The minimum atomic E-state index is -0.0554. The van der Waals surface area contributed by atoms with Crippen LogP contribution in [0, 0.1) is 5.92 Å². The molecule has 2 atom stereocenters. The van der Waals surface area contributed by atoms with Crippen LogP contribution in [-0.4, -0.2) is 35.2 Å². The highest BCUT2D eigenvalue weighted by Gasteiger charge is 2.27. The van der Waals surface area contributed by atoms with Gasteiger partial charge in [0.05, 0.1) is 5.25 Å². The maximum absolute atomic E-state index is 12.5. The van der Waals surface area contributed by atoms with Gasteiger partial charge in [-0.3, -0.25) is 4.79 Å². The molecule has 2 rings (SSSR count). The first-order valence-corrected chi connectivity index (χ1v) is 7.80. The Bertz CT molecular complexity index is 450. The molecule has 0 saturated carbocycles. The van der Waals surface area contributed by atoms with Crippen molar-refractivity contribution in [2.45, 2.75) is 25.5 Å². The molecule has 1 aromatic rings. The molecule has 2 unspecified atom stereocenters. The Labute approximate surface area is 119 Å². The Kier molecular flexibility index (Phi) is 4.88. The van der Waals surface area contributed by atoms with Crippen molar-refractivity contribution in [3.63, 3.8) is 0 Å². The van der Waals surface area contributed by atoms with Crippen molar-refractivity contribution in [1.29, 1.82) is 0 Å². The number of fused-ring (bicyclic) bond motifs is 1. The van der Waals surface area contributed by atoms with Crippen molar-refractivity contribution < 1.29 is 9.90 Å². The highest BCUT2D eigenvalue weighted by molar-refractivity contribution is 8.00. The van der Waals surface area contributed by atoms with Gasteiger partial charge in [-0.25, -0.2) is 0 Å². The molecule has 1 aliphatic rings. The summed E-state index contributed by atoms with van der Waals surface area (Å²) in [5.41, 5.74) is 2.33. The van der Waals surface area contributed by atoms with Gasteiger partial charge in [-0.05, 0) is 36.6 Å². The average Bonchev–Trinajstić information content (AvgIpc) is 2.87. The predicted molar refractivity (Wildman–Crippen MR) is 80.7 cm³/mol. The van der Waals surface area contributed by atoms with Crippen LogP contribution in [0.2, 0.25) is 0 Å². The van der Waals surface area contributed by atoms with E-state index >= 15 is 0 Å². The number of anilines is 1. The van der Waals surface area contributed by atoms with Crippen LogP contribution in [0.1, 0.15) is 19.4 Å². The molecule has 0 fully saturated rings. The lowest BCUT2D eigenvalue weighted by molar-refractivity contribution is -0.117. The molecular weight excluding hydrogens is 258 g/mol. The summed E-state index contributed by atoms with van der Waals surface area (Å²) in [5.74, 6) is 1.24. The van der Waals surface area contributed by atoms with Crippen molar-refractivity contribution in [3.8, 4) is 0 Å². The first kappa shape index (κ1) is 14.4. The van der Waals surface area contributed by atoms with E-state index in [0.29, 0.717) is 0 Å². The molecule has 104 valence electrons. The molecule has 0 bridgehead atoms. The number of amides is 1. The topological polar surface area (TPSA) is 40.5 Å². The van der Waals surface area contributed by atoms with Gasteiger partial charge in [0, 0.05) is 18.8 Å². The number of benzene rings is 1. The fourth-order valence-corrected chi connectivity index (χ4v) is 3.21. The summed E-state index contributed by atoms with van der Waals surface area (Å²) in [6.07, 6.45) is 0.951. The molecule has 0 aromatic heterocycles. The summed E-state index contributed by atoms with van der Waals surface area (Å²) in [4.78, 5) is 14.4. The second-order valence-corrected chi connectivity index (χ2v) is 6.51. The van der Waals surface area contributed by atoms with E-state index in [-0.39, 0.29) is 23.7 Å². The van der Waals surface area contributed by atoms with E-state index in [1.54, 1.807) is 11.8 Å². The third kappa shape index (κ3) is 3.31. The Hall–Kier alpha value is -1.00. The Morgan fingerprint density at radius 2 is 2.16 bits per heavy atom. The first-order valence-electron chi connectivity index (χ1n) is 6.75. The van der Waals surface area contributed by atoms with E-state index in [1.165, 1.54) is 5.56 Å². The summed E-state index contributed by atoms with van der Waals surface area (Å²) in [6.45, 7) is 4.92. The molecule has 1 aliphatic heterocycles. The second kappa shape index (κ2) is 6.44. The fraction of sp³-hybridized carbons (Fsp3) is 0.533. The molecule has 19 heavy (non-hydrogen) atoms. The molecule has 0 saturated heterocycles. The van der Waals surface area contributed by atoms with Gasteiger partial charge in [0.25, 0.3) is 0 Å². The lowest BCUT2D eigenvalue weighted by atomic mass is 10.2. The number of hydrogen-bond donors (Lipinski definition) is 1. The molecule has 0 aliphatic carbocycles. The van der Waals surface area contributed by atoms with E-state index in [2.05, 4.69) is 6.07 Å². The maximum atomic E-state index is 12.5. The Balaban J connectivity index is 1.97. The number of nitrogens with zero attached hydrogens (tertiary/aromatic N) is 1. The van der Waals surface area contributed by atoms with Crippen molar-refractivity contribution in [1.82, 2.24) is 0 Å². The van der Waals surface area contributed by atoms with Crippen LogP contribution in [0.5, 0.6) is 0 Å². The Morgan fingerprint density at radius 3 is 2.89 bits per heavy atom. The number of carbonyl (C=O) groups excluding carboxylic acids is 1. The number of thioether (sulfide) groups is 1. The van der Waals surface area contributed by atoms with Gasteiger partial charge in [0.2, 0.25) is 5.91 Å². The van der Waals surface area contributed by atoms with Crippen LogP contribution in [0.3, 0.4) is 0 Å². The average molecular weight is 279 g/mol. The van der Waals surface area contributed by atoms with Crippen molar-refractivity contribution >= 4 is 23.4 Å². The number of hydrogen-bond acceptors (Lipinski definition) is 3. The van der Waals surface area contributed by atoms with Gasteiger partial charge in [0.1, 0.15) is 0 Å². The summed E-state index contributed by atoms with van der Waals surface area (Å²) in [6, 6.07) is 8.12. The van der Waals surface area contributed by atoms with Gasteiger partial charge in [-0.2, -0.15) is 0 Å². The smallest absolute Gasteiger partial charge is 0.239 e. The van der Waals surface area contributed by atoms with Crippen LogP contribution >= 0.6 is 11.8 Å². The van der Waals surface area contributed by atoms with E-state index < -0.39 is 0 Å². The van der Waals surface area contributed by atoms with Crippen LogP contribution in [0.25, 0.3) is 0 Å². The normalized spacial score (nSPS) is 17.1. The maximum Gasteiger partial charge on any atom is 0.239 e. The third-order valence-electron chi connectivity index (χ3n) is 3.44. The molecular formula is C15H21NO2S. The number of rotatable bonds is 5. The fourth-order valence-electron chi connectivity index (χ4n) is 2.22. The van der Waals surface area contributed by atoms with E-state index in [1.807, 2.05) is 36.9 Å². The van der Waals surface area contributed by atoms with Crippen LogP contribution in [-0.2, 0) is 11.2 Å². The monoisotopic (exact) mass is 279 g/mol. The number of para-hydroxylation sites is 1. The van der Waals surface area contributed by atoms with Crippen LogP contribution in [0.4, 0.5) is 5.69 Å². The predicted octanol–water partition coefficient (Wildman–Crippen LogP) is 2.33. The van der Waals surface area contributed by atoms with E-state index in [0.717, 1.165) is 24.4 Å². The molecule has 1 heterocycles. The van der Waals surface area contributed by atoms with E-state index in [4.69, 9.17) is 5.11 Å². The highest BCUT2D eigenvalue weighted by atomic mass is 32.2. The molecule has 1 amide bonds. The van der Waals surface area contributed by atoms with Crippen molar-refractivity contribution in [2.24, 2.45) is 5.92 Å². The lowest BCUT2D eigenvalue weighted by Crippen LogP contribution is -2.35. The number of carbonyl (C=O) groups is 1. The zero-order valence-electron chi connectivity index (χ0n) is 11.5. The van der Waals surface area contributed by atoms with Gasteiger partial charge < -0.3 is 10.0 Å². The Morgan fingerprint density at radius 1 is 1.42 bits per heavy atom. The quantitative estimate of drug-likeness (QED) is 0.899. The minimum Gasteiger partial charge on any atom is -0.396 e. The zero-order valence-corrected chi connectivity index (χ0v) is 12.3. The molecule has 0 radical (unpaired) electrons. The minimum absolute atomic E-state index is 0.0554. The molecule has 1 N–H and O–H groups in total. The summed E-state index contributed by atoms with van der Waals surface area (Å²) < 4.78 is 0. The molecule has 4 heteroatoms. The number of aliphatic hydroxyl groups is 1. The van der Waals surface area contributed by atoms with Crippen LogP contribution < -0.4 is 4.90 Å². The second-order valence-electron chi connectivity index (χ2n) is 5.13. The lowest BCUT2D eigenvalue weighted by Gasteiger charge is -2.22. The van der Waals surface area contributed by atoms with E-state index in [9.17, 15) is 4.79 Å². The molecule has 3 nitrogen and oxygen atoms in total.